The van der Waals surface area contributed by atoms with Crippen molar-refractivity contribution in [3.63, 3.8) is 0 Å². The molecule has 5 rings (SSSR count). The minimum absolute atomic E-state index is 0.666. The van der Waals surface area contributed by atoms with E-state index in [1.54, 1.807) is 0 Å². The van der Waals surface area contributed by atoms with E-state index in [-0.39, 0.29) is 0 Å². The number of imidazole rings is 1. The molecule has 0 saturated carbocycles. The molecule has 0 N–H and O–H groups in total. The summed E-state index contributed by atoms with van der Waals surface area (Å²) in [5.41, 5.74) is 6.61. The molecule has 0 amide bonds. The Labute approximate surface area is 194 Å². The minimum atomic E-state index is 0.666. The molecule has 1 aliphatic rings. The molecule has 3 aromatic heterocycles. The quantitative estimate of drug-likeness (QED) is 0.386. The average molecular weight is 446 g/mol. The molecule has 0 unspecified atom stereocenters. The van der Waals surface area contributed by atoms with Crippen LogP contribution in [0.1, 0.15) is 12.0 Å². The third-order valence-electron chi connectivity index (χ3n) is 6.07. The lowest BCUT2D eigenvalue weighted by atomic mass is 10.1. The average Bonchev–Trinajstić information content (AvgIpc) is 3.22. The molecular formula is C26H31N5O2. The Bertz CT molecular complexity index is 1210. The van der Waals surface area contributed by atoms with Crippen LogP contribution in [0, 0.1) is 0 Å². The molecule has 7 nitrogen and oxygen atoms in total. The van der Waals surface area contributed by atoms with Gasteiger partial charge >= 0.3 is 0 Å². The number of pyridine rings is 2. The van der Waals surface area contributed by atoms with E-state index in [0.29, 0.717) is 12.5 Å². The van der Waals surface area contributed by atoms with E-state index in [1.165, 1.54) is 11.1 Å². The summed E-state index contributed by atoms with van der Waals surface area (Å²) < 4.78 is 13.5. The van der Waals surface area contributed by atoms with Crippen molar-refractivity contribution in [3.05, 3.63) is 60.4 Å². The Morgan fingerprint density at radius 3 is 2.67 bits per heavy atom. The largest absolute Gasteiger partial charge is 0.478 e. The normalized spacial score (nSPS) is 15.0. The van der Waals surface area contributed by atoms with E-state index in [4.69, 9.17) is 14.5 Å². The highest BCUT2D eigenvalue weighted by molar-refractivity contribution is 5.84. The van der Waals surface area contributed by atoms with Gasteiger partial charge in [-0.15, -0.1) is 0 Å². The molecule has 1 aliphatic heterocycles. The monoisotopic (exact) mass is 445 g/mol. The number of fused-ring (bicyclic) bond motifs is 3. The van der Waals surface area contributed by atoms with Crippen LogP contribution in [0.25, 0.3) is 27.8 Å². The van der Waals surface area contributed by atoms with E-state index in [1.807, 2.05) is 12.3 Å². The Morgan fingerprint density at radius 1 is 1.03 bits per heavy atom. The Hall–Kier alpha value is -3.00. The van der Waals surface area contributed by atoms with Gasteiger partial charge in [0.2, 0.25) is 5.88 Å². The van der Waals surface area contributed by atoms with Gasteiger partial charge in [0, 0.05) is 55.8 Å². The summed E-state index contributed by atoms with van der Waals surface area (Å²) in [5.74, 6) is 0.666. The maximum atomic E-state index is 5.78. The highest BCUT2D eigenvalue weighted by Gasteiger charge is 2.15. The van der Waals surface area contributed by atoms with Crippen LogP contribution in [-0.2, 0) is 11.3 Å². The van der Waals surface area contributed by atoms with Crippen LogP contribution in [0.2, 0.25) is 0 Å². The summed E-state index contributed by atoms with van der Waals surface area (Å²) in [6, 6.07) is 14.6. The van der Waals surface area contributed by atoms with Crippen molar-refractivity contribution in [1.29, 1.82) is 0 Å². The maximum absolute atomic E-state index is 5.78. The van der Waals surface area contributed by atoms with Crippen LogP contribution < -0.4 is 4.74 Å². The molecule has 0 atom stereocenters. The van der Waals surface area contributed by atoms with Crippen molar-refractivity contribution in [1.82, 2.24) is 24.2 Å². The smallest absolute Gasteiger partial charge is 0.213 e. The Kier molecular flexibility index (Phi) is 6.53. The predicted molar refractivity (Wildman–Crippen MR) is 131 cm³/mol. The molecule has 33 heavy (non-hydrogen) atoms. The van der Waals surface area contributed by atoms with Gasteiger partial charge in [-0.3, -0.25) is 9.30 Å². The van der Waals surface area contributed by atoms with Crippen molar-refractivity contribution in [2.75, 3.05) is 53.6 Å². The molecule has 0 bridgehead atoms. The van der Waals surface area contributed by atoms with Gasteiger partial charge in [0.05, 0.1) is 30.9 Å². The van der Waals surface area contributed by atoms with Crippen LogP contribution in [0.3, 0.4) is 0 Å². The van der Waals surface area contributed by atoms with Crippen LogP contribution in [0.4, 0.5) is 0 Å². The van der Waals surface area contributed by atoms with Gasteiger partial charge in [-0.2, -0.15) is 0 Å². The van der Waals surface area contributed by atoms with E-state index in [2.05, 4.69) is 75.9 Å². The number of rotatable bonds is 8. The molecule has 0 radical (unpaired) electrons. The number of morpholine rings is 1. The van der Waals surface area contributed by atoms with Crippen LogP contribution in [0.5, 0.6) is 5.88 Å². The van der Waals surface area contributed by atoms with E-state index < -0.39 is 0 Å². The summed E-state index contributed by atoms with van der Waals surface area (Å²) in [7, 11) is 4.14. The molecule has 172 valence electrons. The second-order valence-corrected chi connectivity index (χ2v) is 8.82. The number of para-hydroxylation sites is 1. The van der Waals surface area contributed by atoms with Crippen LogP contribution >= 0.6 is 0 Å². The molecular weight excluding hydrogens is 414 g/mol. The lowest BCUT2D eigenvalue weighted by molar-refractivity contribution is 0.0343. The molecule has 1 saturated heterocycles. The summed E-state index contributed by atoms with van der Waals surface area (Å²) in [4.78, 5) is 14.0. The second kappa shape index (κ2) is 9.87. The number of ether oxygens (including phenoxy) is 2. The fourth-order valence-electron chi connectivity index (χ4n) is 4.33. The van der Waals surface area contributed by atoms with Gasteiger partial charge in [0.1, 0.15) is 5.65 Å². The molecule has 4 aromatic rings. The lowest BCUT2D eigenvalue weighted by Gasteiger charge is -2.26. The van der Waals surface area contributed by atoms with Crippen molar-refractivity contribution >= 4 is 16.7 Å². The molecule has 1 fully saturated rings. The van der Waals surface area contributed by atoms with E-state index in [0.717, 1.165) is 68.1 Å². The standard InChI is InChI=1S/C26H31N5O2/c1-29(2)11-4-14-33-25-10-8-20(17-27-25)21-7-9-24-28-23-6-3-5-22(26(23)31(24)19-21)18-30-12-15-32-16-13-30/h3,5-10,17,19H,4,11-16,18H2,1-2H3. The van der Waals surface area contributed by atoms with Crippen molar-refractivity contribution in [2.24, 2.45) is 0 Å². The molecule has 0 aliphatic carbocycles. The first-order valence-electron chi connectivity index (χ1n) is 11.6. The third-order valence-corrected chi connectivity index (χ3v) is 6.07. The summed E-state index contributed by atoms with van der Waals surface area (Å²) in [6.45, 7) is 6.11. The zero-order chi connectivity index (χ0) is 22.6. The second-order valence-electron chi connectivity index (χ2n) is 8.82. The Morgan fingerprint density at radius 2 is 1.88 bits per heavy atom. The SMILES string of the molecule is CN(C)CCCOc1ccc(-c2ccc3nc4cccc(CN5CCOCC5)c4n3c2)cn1. The van der Waals surface area contributed by atoms with E-state index in [9.17, 15) is 0 Å². The third kappa shape index (κ3) is 5.00. The van der Waals surface area contributed by atoms with Crippen LogP contribution in [-0.4, -0.2) is 77.7 Å². The first kappa shape index (κ1) is 21.8. The summed E-state index contributed by atoms with van der Waals surface area (Å²) >= 11 is 0. The van der Waals surface area contributed by atoms with Crippen molar-refractivity contribution in [3.8, 4) is 17.0 Å². The maximum Gasteiger partial charge on any atom is 0.213 e. The summed E-state index contributed by atoms with van der Waals surface area (Å²) in [6.07, 6.45) is 5.03. The van der Waals surface area contributed by atoms with Gasteiger partial charge < -0.3 is 14.4 Å². The number of hydrogen-bond donors (Lipinski definition) is 0. The van der Waals surface area contributed by atoms with E-state index >= 15 is 0 Å². The van der Waals surface area contributed by atoms with Gasteiger partial charge in [-0.25, -0.2) is 9.97 Å². The highest BCUT2D eigenvalue weighted by atomic mass is 16.5. The minimum Gasteiger partial charge on any atom is -0.478 e. The summed E-state index contributed by atoms with van der Waals surface area (Å²) in [5, 5.41) is 0. The first-order valence-corrected chi connectivity index (χ1v) is 11.6. The Balaban J connectivity index is 1.40. The lowest BCUT2D eigenvalue weighted by Crippen LogP contribution is -2.35. The first-order chi connectivity index (χ1) is 16.2. The van der Waals surface area contributed by atoms with Crippen LogP contribution in [0.15, 0.2) is 54.9 Å². The molecule has 4 heterocycles. The van der Waals surface area contributed by atoms with Gasteiger partial charge in [0.25, 0.3) is 0 Å². The molecule has 7 heteroatoms. The zero-order valence-corrected chi connectivity index (χ0v) is 19.4. The molecule has 0 spiro atoms. The van der Waals surface area contributed by atoms with Gasteiger partial charge in [0.15, 0.2) is 0 Å². The highest BCUT2D eigenvalue weighted by Crippen LogP contribution is 2.26. The number of nitrogens with zero attached hydrogens (tertiary/aromatic N) is 5. The topological polar surface area (TPSA) is 55.1 Å². The predicted octanol–water partition coefficient (Wildman–Crippen LogP) is 3.71. The molecule has 1 aromatic carbocycles. The number of benzene rings is 1. The fourth-order valence-corrected chi connectivity index (χ4v) is 4.33. The zero-order valence-electron chi connectivity index (χ0n) is 19.4. The van der Waals surface area contributed by atoms with Crippen molar-refractivity contribution < 1.29 is 9.47 Å². The van der Waals surface area contributed by atoms with Crippen molar-refractivity contribution in [2.45, 2.75) is 13.0 Å². The van der Waals surface area contributed by atoms with Gasteiger partial charge in [-0.05, 0) is 50.3 Å². The number of aromatic nitrogens is 3. The fraction of sp³-hybridized carbons (Fsp3) is 0.385. The number of hydrogen-bond acceptors (Lipinski definition) is 6. The van der Waals surface area contributed by atoms with Gasteiger partial charge in [-0.1, -0.05) is 12.1 Å².